The summed E-state index contributed by atoms with van der Waals surface area (Å²) >= 11 is 0. The van der Waals surface area contributed by atoms with E-state index in [2.05, 4.69) is 4.98 Å². The molecule has 0 aliphatic heterocycles. The Morgan fingerprint density at radius 3 is 2.56 bits per heavy atom. The monoisotopic (exact) mass is 239 g/mol. The second kappa shape index (κ2) is 3.88. The first-order chi connectivity index (χ1) is 8.69. The Hall–Kier alpha value is -2.29. The molecule has 90 valence electrons. The lowest BCUT2D eigenvalue weighted by molar-refractivity contribution is 0.415. The van der Waals surface area contributed by atoms with Crippen LogP contribution in [0.4, 0.5) is 0 Å². The van der Waals surface area contributed by atoms with Crippen molar-refractivity contribution in [1.82, 2.24) is 4.98 Å². The van der Waals surface area contributed by atoms with Crippen molar-refractivity contribution >= 4 is 21.7 Å². The van der Waals surface area contributed by atoms with Gasteiger partial charge in [-0.05, 0) is 42.1 Å². The van der Waals surface area contributed by atoms with Gasteiger partial charge in [-0.15, -0.1) is 0 Å². The molecule has 3 heteroatoms. The average Bonchev–Trinajstić information content (AvgIpc) is 2.38. The highest BCUT2D eigenvalue weighted by molar-refractivity contribution is 6.05. The molecule has 0 spiro atoms. The Bertz CT molecular complexity index is 803. The molecule has 3 rings (SSSR count). The van der Waals surface area contributed by atoms with Crippen molar-refractivity contribution < 1.29 is 4.74 Å². The summed E-state index contributed by atoms with van der Waals surface area (Å²) in [5.41, 5.74) is 1.92. The molecule has 0 saturated carbocycles. The van der Waals surface area contributed by atoms with Crippen molar-refractivity contribution in [3.05, 3.63) is 52.3 Å². The Balaban J connectivity index is 2.51. The fourth-order valence-electron chi connectivity index (χ4n) is 2.26. The Kier molecular flexibility index (Phi) is 2.33. The van der Waals surface area contributed by atoms with Crippen LogP contribution in [0.15, 0.2) is 41.2 Å². The molecule has 0 unspecified atom stereocenters. The molecule has 0 bridgehead atoms. The van der Waals surface area contributed by atoms with Crippen LogP contribution in [0.25, 0.3) is 21.7 Å². The maximum atomic E-state index is 12.1. The molecule has 1 heterocycles. The number of aryl methyl sites for hydroxylation is 1. The number of ether oxygens (including phenoxy) is 1. The van der Waals surface area contributed by atoms with Crippen molar-refractivity contribution in [2.75, 3.05) is 7.11 Å². The summed E-state index contributed by atoms with van der Waals surface area (Å²) in [4.78, 5) is 15.0. The number of rotatable bonds is 1. The van der Waals surface area contributed by atoms with Gasteiger partial charge in [-0.2, -0.15) is 0 Å². The zero-order valence-corrected chi connectivity index (χ0v) is 10.3. The third-order valence-corrected chi connectivity index (χ3v) is 3.18. The first-order valence-corrected chi connectivity index (χ1v) is 5.79. The van der Waals surface area contributed by atoms with Crippen LogP contribution in [0.3, 0.4) is 0 Å². The fourth-order valence-corrected chi connectivity index (χ4v) is 2.26. The van der Waals surface area contributed by atoms with Crippen molar-refractivity contribution in [2.24, 2.45) is 0 Å². The molecule has 1 N–H and O–H groups in total. The normalized spacial score (nSPS) is 11.0. The van der Waals surface area contributed by atoms with Crippen LogP contribution >= 0.6 is 0 Å². The van der Waals surface area contributed by atoms with Gasteiger partial charge in [-0.3, -0.25) is 4.79 Å². The van der Waals surface area contributed by atoms with Crippen LogP contribution in [0.2, 0.25) is 0 Å². The molecule has 3 nitrogen and oxygen atoms in total. The number of fused-ring (bicyclic) bond motifs is 3. The third kappa shape index (κ3) is 1.56. The van der Waals surface area contributed by atoms with E-state index in [4.69, 9.17) is 4.74 Å². The number of pyridine rings is 1. The number of H-pyrrole nitrogens is 1. The van der Waals surface area contributed by atoms with Gasteiger partial charge in [0, 0.05) is 10.9 Å². The lowest BCUT2D eigenvalue weighted by Crippen LogP contribution is -2.06. The van der Waals surface area contributed by atoms with Crippen LogP contribution in [-0.2, 0) is 0 Å². The molecule has 3 aromatic rings. The molecule has 0 fully saturated rings. The molecule has 2 aromatic carbocycles. The summed E-state index contributed by atoms with van der Waals surface area (Å²) in [5, 5.41) is 2.66. The quantitative estimate of drug-likeness (QED) is 0.663. The molecular formula is C15H13NO2. The van der Waals surface area contributed by atoms with Gasteiger partial charge in [-0.1, -0.05) is 12.1 Å². The van der Waals surface area contributed by atoms with Gasteiger partial charge in [0.25, 0.3) is 5.56 Å². The topological polar surface area (TPSA) is 42.1 Å². The summed E-state index contributed by atoms with van der Waals surface area (Å²) in [6, 6.07) is 11.6. The summed E-state index contributed by atoms with van der Waals surface area (Å²) in [6.07, 6.45) is 0. The second-order valence-electron chi connectivity index (χ2n) is 4.41. The number of aromatic nitrogens is 1. The van der Waals surface area contributed by atoms with Crippen LogP contribution in [-0.4, -0.2) is 12.1 Å². The lowest BCUT2D eigenvalue weighted by Gasteiger charge is -2.06. The number of aromatic amines is 1. The van der Waals surface area contributed by atoms with Crippen molar-refractivity contribution in [3.63, 3.8) is 0 Å². The third-order valence-electron chi connectivity index (χ3n) is 3.18. The standard InChI is InChI=1S/C15H13NO2/c1-9-3-5-12-11-6-4-10(18-2)8-13(11)15(17)16-14(12)7-9/h3-8H,1-2H3,(H,16,17). The largest absolute Gasteiger partial charge is 0.497 e. The minimum absolute atomic E-state index is 0.0815. The van der Waals surface area contributed by atoms with E-state index in [9.17, 15) is 4.79 Å². The zero-order chi connectivity index (χ0) is 12.7. The predicted molar refractivity (Wildman–Crippen MR) is 73.4 cm³/mol. The Labute approximate surface area is 104 Å². The maximum absolute atomic E-state index is 12.1. The molecule has 0 saturated heterocycles. The van der Waals surface area contributed by atoms with Crippen LogP contribution in [0.5, 0.6) is 5.75 Å². The summed E-state index contributed by atoms with van der Waals surface area (Å²) in [7, 11) is 1.60. The molecule has 1 aromatic heterocycles. The van der Waals surface area contributed by atoms with Gasteiger partial charge in [0.05, 0.1) is 12.5 Å². The molecule has 0 aliphatic rings. The van der Waals surface area contributed by atoms with Gasteiger partial charge in [0.1, 0.15) is 5.75 Å². The van der Waals surface area contributed by atoms with E-state index in [0.29, 0.717) is 11.1 Å². The van der Waals surface area contributed by atoms with E-state index in [0.717, 1.165) is 21.9 Å². The van der Waals surface area contributed by atoms with E-state index in [1.807, 2.05) is 37.3 Å². The van der Waals surface area contributed by atoms with Crippen molar-refractivity contribution in [3.8, 4) is 5.75 Å². The highest BCUT2D eigenvalue weighted by atomic mass is 16.5. The SMILES string of the molecule is COc1ccc2c(c1)c(=O)[nH]c1cc(C)ccc12. The minimum Gasteiger partial charge on any atom is -0.497 e. The van der Waals surface area contributed by atoms with E-state index in [-0.39, 0.29) is 5.56 Å². The number of nitrogens with one attached hydrogen (secondary N) is 1. The van der Waals surface area contributed by atoms with E-state index >= 15 is 0 Å². The van der Waals surface area contributed by atoms with Crippen LogP contribution in [0, 0.1) is 6.92 Å². The maximum Gasteiger partial charge on any atom is 0.256 e. The molecule has 0 aliphatic carbocycles. The summed E-state index contributed by atoms with van der Waals surface area (Å²) in [6.45, 7) is 2.01. The minimum atomic E-state index is -0.0815. The Morgan fingerprint density at radius 2 is 1.78 bits per heavy atom. The molecule has 18 heavy (non-hydrogen) atoms. The lowest BCUT2D eigenvalue weighted by atomic mass is 10.0. The van der Waals surface area contributed by atoms with E-state index in [1.165, 1.54) is 0 Å². The van der Waals surface area contributed by atoms with Gasteiger partial charge < -0.3 is 9.72 Å². The van der Waals surface area contributed by atoms with Crippen molar-refractivity contribution in [2.45, 2.75) is 6.92 Å². The molecule has 0 amide bonds. The van der Waals surface area contributed by atoms with E-state index < -0.39 is 0 Å². The number of methoxy groups -OCH3 is 1. The van der Waals surface area contributed by atoms with Gasteiger partial charge >= 0.3 is 0 Å². The van der Waals surface area contributed by atoms with Crippen LogP contribution < -0.4 is 10.3 Å². The smallest absolute Gasteiger partial charge is 0.256 e. The zero-order valence-electron chi connectivity index (χ0n) is 10.3. The number of hydrogen-bond donors (Lipinski definition) is 1. The Morgan fingerprint density at radius 1 is 1.00 bits per heavy atom. The van der Waals surface area contributed by atoms with E-state index in [1.54, 1.807) is 13.2 Å². The van der Waals surface area contributed by atoms with Gasteiger partial charge in [0.2, 0.25) is 0 Å². The first-order valence-electron chi connectivity index (χ1n) is 5.79. The van der Waals surface area contributed by atoms with Gasteiger partial charge in [-0.25, -0.2) is 0 Å². The molecule has 0 radical (unpaired) electrons. The highest BCUT2D eigenvalue weighted by Gasteiger charge is 2.06. The summed E-state index contributed by atoms with van der Waals surface area (Å²) in [5.74, 6) is 0.694. The highest BCUT2D eigenvalue weighted by Crippen LogP contribution is 2.25. The van der Waals surface area contributed by atoms with Crippen LogP contribution in [0.1, 0.15) is 5.56 Å². The van der Waals surface area contributed by atoms with Gasteiger partial charge in [0.15, 0.2) is 0 Å². The number of hydrogen-bond acceptors (Lipinski definition) is 2. The average molecular weight is 239 g/mol. The first kappa shape index (κ1) is 10.8. The fraction of sp³-hybridized carbons (Fsp3) is 0.133. The number of benzene rings is 2. The molecular weight excluding hydrogens is 226 g/mol. The van der Waals surface area contributed by atoms with Crippen molar-refractivity contribution in [1.29, 1.82) is 0 Å². The molecule has 0 atom stereocenters. The second-order valence-corrected chi connectivity index (χ2v) is 4.41. The predicted octanol–water partition coefficient (Wildman–Crippen LogP) is 3.00. The summed E-state index contributed by atoms with van der Waals surface area (Å²) < 4.78 is 5.16.